The fraction of sp³-hybridized carbons (Fsp3) is 0.444. The number of hydrogen-bond donors (Lipinski definition) is 1. The van der Waals surface area contributed by atoms with Gasteiger partial charge in [-0.15, -0.1) is 11.3 Å². The molecule has 2 aliphatic rings. The number of ether oxygens (including phenoxy) is 2. The predicted octanol–water partition coefficient (Wildman–Crippen LogP) is 2.39. The molecular weight excluding hydrogens is 338 g/mol. The molecule has 132 valence electrons. The molecule has 0 spiro atoms. The number of benzene rings is 1. The third kappa shape index (κ3) is 3.09. The van der Waals surface area contributed by atoms with Gasteiger partial charge in [0.1, 0.15) is 23.9 Å². The Labute approximate surface area is 150 Å². The van der Waals surface area contributed by atoms with Crippen LogP contribution < -0.4 is 15.2 Å². The average molecular weight is 359 g/mol. The third-order valence-corrected chi connectivity index (χ3v) is 5.66. The van der Waals surface area contributed by atoms with Gasteiger partial charge in [0.2, 0.25) is 0 Å². The largest absolute Gasteiger partial charge is 0.486 e. The fourth-order valence-corrected chi connectivity index (χ4v) is 4.22. The highest BCUT2D eigenvalue weighted by atomic mass is 32.1. The lowest BCUT2D eigenvalue weighted by Crippen LogP contribution is -2.34. The Balaban J connectivity index is 1.55. The quantitative estimate of drug-likeness (QED) is 0.910. The highest BCUT2D eigenvalue weighted by Crippen LogP contribution is 2.35. The maximum absolute atomic E-state index is 12.8. The van der Waals surface area contributed by atoms with Gasteiger partial charge in [0.05, 0.1) is 0 Å². The van der Waals surface area contributed by atoms with Crippen molar-refractivity contribution in [3.63, 3.8) is 0 Å². The summed E-state index contributed by atoms with van der Waals surface area (Å²) in [6, 6.07) is 5.97. The summed E-state index contributed by atoms with van der Waals surface area (Å²) in [6.45, 7) is 4.52. The van der Waals surface area contributed by atoms with Crippen molar-refractivity contribution in [3.8, 4) is 22.1 Å². The standard InChI is InChI=1S/C18H21N3O3S/c1-11-6-12(8-19)9-21(11)18(22)14-10-25-17(20-14)13-2-3-15-16(7-13)24-5-4-23-15/h2-3,7,10-12H,4-6,8-9,19H2,1H3. The van der Waals surface area contributed by atoms with E-state index in [2.05, 4.69) is 11.9 Å². The van der Waals surface area contributed by atoms with Crippen LogP contribution in [0.2, 0.25) is 0 Å². The van der Waals surface area contributed by atoms with E-state index in [4.69, 9.17) is 15.2 Å². The summed E-state index contributed by atoms with van der Waals surface area (Å²) in [5.41, 5.74) is 7.19. The second-order valence-corrected chi connectivity index (χ2v) is 7.40. The van der Waals surface area contributed by atoms with E-state index < -0.39 is 0 Å². The van der Waals surface area contributed by atoms with Crippen molar-refractivity contribution >= 4 is 17.2 Å². The lowest BCUT2D eigenvalue weighted by molar-refractivity contribution is 0.0738. The van der Waals surface area contributed by atoms with Crippen molar-refractivity contribution in [1.29, 1.82) is 0 Å². The number of aromatic nitrogens is 1. The van der Waals surface area contributed by atoms with E-state index in [1.807, 2.05) is 28.5 Å². The molecule has 2 atom stereocenters. The van der Waals surface area contributed by atoms with Gasteiger partial charge in [0.25, 0.3) is 5.91 Å². The highest BCUT2D eigenvalue weighted by Gasteiger charge is 2.33. The van der Waals surface area contributed by atoms with Gasteiger partial charge in [-0.05, 0) is 44.0 Å². The zero-order valence-corrected chi connectivity index (χ0v) is 14.9. The molecule has 6 nitrogen and oxygen atoms in total. The smallest absolute Gasteiger partial charge is 0.273 e. The molecule has 1 aromatic carbocycles. The molecule has 4 rings (SSSR count). The molecule has 2 unspecified atom stereocenters. The molecule has 0 bridgehead atoms. The molecule has 1 saturated heterocycles. The Kier molecular flexibility index (Phi) is 4.35. The van der Waals surface area contributed by atoms with Gasteiger partial charge in [-0.2, -0.15) is 0 Å². The summed E-state index contributed by atoms with van der Waals surface area (Å²) >= 11 is 1.47. The van der Waals surface area contributed by atoms with E-state index in [0.717, 1.165) is 28.5 Å². The maximum Gasteiger partial charge on any atom is 0.273 e. The van der Waals surface area contributed by atoms with Crippen LogP contribution in [0.15, 0.2) is 23.6 Å². The lowest BCUT2D eigenvalue weighted by atomic mass is 10.1. The normalized spacial score (nSPS) is 22.2. The number of thiazole rings is 1. The molecule has 2 N–H and O–H groups in total. The van der Waals surface area contributed by atoms with E-state index in [1.54, 1.807) is 0 Å². The van der Waals surface area contributed by atoms with Gasteiger partial charge in [-0.3, -0.25) is 4.79 Å². The Morgan fingerprint density at radius 1 is 1.36 bits per heavy atom. The van der Waals surface area contributed by atoms with Crippen LogP contribution in [0.25, 0.3) is 10.6 Å². The van der Waals surface area contributed by atoms with Gasteiger partial charge in [-0.25, -0.2) is 4.98 Å². The van der Waals surface area contributed by atoms with E-state index in [1.165, 1.54) is 11.3 Å². The predicted molar refractivity (Wildman–Crippen MR) is 96.2 cm³/mol. The summed E-state index contributed by atoms with van der Waals surface area (Å²) in [4.78, 5) is 19.2. The second kappa shape index (κ2) is 6.65. The van der Waals surface area contributed by atoms with Crippen LogP contribution >= 0.6 is 11.3 Å². The van der Waals surface area contributed by atoms with Crippen LogP contribution in [0.3, 0.4) is 0 Å². The Hall–Kier alpha value is -2.12. The summed E-state index contributed by atoms with van der Waals surface area (Å²) < 4.78 is 11.2. The molecule has 0 radical (unpaired) electrons. The van der Waals surface area contributed by atoms with Gasteiger partial charge in [0, 0.05) is 23.5 Å². The second-order valence-electron chi connectivity index (χ2n) is 6.54. The Bertz CT molecular complexity index is 792. The zero-order valence-electron chi connectivity index (χ0n) is 14.1. The number of amides is 1. The van der Waals surface area contributed by atoms with E-state index in [9.17, 15) is 4.79 Å². The van der Waals surface area contributed by atoms with Crippen molar-refractivity contribution in [2.75, 3.05) is 26.3 Å². The average Bonchev–Trinajstić information content (AvgIpc) is 3.27. The van der Waals surface area contributed by atoms with Crippen LogP contribution in [0, 0.1) is 5.92 Å². The van der Waals surface area contributed by atoms with Crippen LogP contribution in [0.1, 0.15) is 23.8 Å². The molecule has 7 heteroatoms. The molecule has 3 heterocycles. The van der Waals surface area contributed by atoms with Crippen molar-refractivity contribution in [2.45, 2.75) is 19.4 Å². The first-order valence-corrected chi connectivity index (χ1v) is 9.40. The number of rotatable bonds is 3. The van der Waals surface area contributed by atoms with Crippen molar-refractivity contribution in [3.05, 3.63) is 29.3 Å². The molecule has 2 aliphatic heterocycles. The fourth-order valence-electron chi connectivity index (χ4n) is 3.42. The van der Waals surface area contributed by atoms with Crippen LogP contribution in [0.4, 0.5) is 0 Å². The number of fused-ring (bicyclic) bond motifs is 1. The number of hydrogen-bond acceptors (Lipinski definition) is 6. The van der Waals surface area contributed by atoms with Gasteiger partial charge in [-0.1, -0.05) is 0 Å². The number of likely N-dealkylation sites (tertiary alicyclic amines) is 1. The zero-order chi connectivity index (χ0) is 17.4. The molecule has 1 fully saturated rings. The summed E-state index contributed by atoms with van der Waals surface area (Å²) in [7, 11) is 0. The van der Waals surface area contributed by atoms with Gasteiger partial charge >= 0.3 is 0 Å². The Morgan fingerprint density at radius 3 is 2.92 bits per heavy atom. The first-order valence-electron chi connectivity index (χ1n) is 8.52. The van der Waals surface area contributed by atoms with Gasteiger partial charge < -0.3 is 20.1 Å². The molecule has 0 saturated carbocycles. The summed E-state index contributed by atoms with van der Waals surface area (Å²) in [5, 5.41) is 2.64. The van der Waals surface area contributed by atoms with Crippen LogP contribution in [0.5, 0.6) is 11.5 Å². The highest BCUT2D eigenvalue weighted by molar-refractivity contribution is 7.13. The van der Waals surface area contributed by atoms with Gasteiger partial charge in [0.15, 0.2) is 11.5 Å². The Morgan fingerprint density at radius 2 is 2.16 bits per heavy atom. The van der Waals surface area contributed by atoms with E-state index in [0.29, 0.717) is 37.9 Å². The number of nitrogens with zero attached hydrogens (tertiary/aromatic N) is 2. The molecular formula is C18H21N3O3S. The molecule has 1 aromatic heterocycles. The maximum atomic E-state index is 12.8. The molecule has 25 heavy (non-hydrogen) atoms. The minimum absolute atomic E-state index is 0.0107. The lowest BCUT2D eigenvalue weighted by Gasteiger charge is -2.20. The molecule has 0 aliphatic carbocycles. The monoisotopic (exact) mass is 359 g/mol. The third-order valence-electron chi connectivity index (χ3n) is 4.77. The van der Waals surface area contributed by atoms with Crippen LogP contribution in [-0.4, -0.2) is 48.1 Å². The SMILES string of the molecule is CC1CC(CN)CN1C(=O)c1csc(-c2ccc3c(c2)OCCO3)n1. The first-order chi connectivity index (χ1) is 12.2. The molecule has 1 amide bonds. The first kappa shape index (κ1) is 16.4. The minimum atomic E-state index is -0.0107. The van der Waals surface area contributed by atoms with Crippen molar-refractivity contribution in [1.82, 2.24) is 9.88 Å². The van der Waals surface area contributed by atoms with E-state index in [-0.39, 0.29) is 11.9 Å². The minimum Gasteiger partial charge on any atom is -0.486 e. The molecule has 2 aromatic rings. The van der Waals surface area contributed by atoms with Crippen molar-refractivity contribution in [2.24, 2.45) is 11.7 Å². The summed E-state index contributed by atoms with van der Waals surface area (Å²) in [6.07, 6.45) is 0.960. The number of carbonyl (C=O) groups is 1. The van der Waals surface area contributed by atoms with E-state index >= 15 is 0 Å². The topological polar surface area (TPSA) is 77.7 Å². The van der Waals surface area contributed by atoms with Crippen molar-refractivity contribution < 1.29 is 14.3 Å². The number of nitrogens with two attached hydrogens (primary N) is 1. The van der Waals surface area contributed by atoms with Crippen LogP contribution in [-0.2, 0) is 0 Å². The number of carbonyl (C=O) groups excluding carboxylic acids is 1. The summed E-state index contributed by atoms with van der Waals surface area (Å²) in [5.74, 6) is 1.85.